The third-order valence-corrected chi connectivity index (χ3v) is 4.03. The van der Waals surface area contributed by atoms with Crippen LogP contribution in [0.15, 0.2) is 52.9 Å². The molecule has 1 N–H and O–H groups in total. The van der Waals surface area contributed by atoms with E-state index >= 15 is 0 Å². The minimum Gasteiger partial charge on any atom is -0.456 e. The Morgan fingerprint density at radius 2 is 1.90 bits per heavy atom. The van der Waals surface area contributed by atoms with Gasteiger partial charge in [0.1, 0.15) is 12.1 Å². The van der Waals surface area contributed by atoms with Crippen LogP contribution in [0.1, 0.15) is 20.9 Å². The zero-order valence-corrected chi connectivity index (χ0v) is 15.5. The van der Waals surface area contributed by atoms with Crippen LogP contribution in [-0.2, 0) is 9.53 Å². The molecule has 148 valence electrons. The SMILES string of the molecule is O=C(CNC(=O)c1cc(Cl)cc([N+](=O)[O-])c1)OCC(=O)c1cc2ccccc2o1. The predicted molar refractivity (Wildman–Crippen MR) is 102 cm³/mol. The molecule has 0 atom stereocenters. The Morgan fingerprint density at radius 1 is 1.14 bits per heavy atom. The van der Waals surface area contributed by atoms with Gasteiger partial charge in [-0.3, -0.25) is 24.5 Å². The fourth-order valence-corrected chi connectivity index (χ4v) is 2.68. The number of nitro groups is 1. The van der Waals surface area contributed by atoms with Gasteiger partial charge in [-0.2, -0.15) is 0 Å². The van der Waals surface area contributed by atoms with E-state index in [0.717, 1.165) is 17.5 Å². The first-order valence-corrected chi connectivity index (χ1v) is 8.62. The van der Waals surface area contributed by atoms with Crippen molar-refractivity contribution in [3.05, 3.63) is 75.0 Å². The number of nitrogens with one attached hydrogen (secondary N) is 1. The van der Waals surface area contributed by atoms with Gasteiger partial charge in [-0.15, -0.1) is 0 Å². The first kappa shape index (κ1) is 20.0. The third-order valence-electron chi connectivity index (χ3n) is 3.81. The number of esters is 1. The molecule has 10 heteroatoms. The highest BCUT2D eigenvalue weighted by Gasteiger charge is 2.17. The Kier molecular flexibility index (Phi) is 5.89. The number of furan rings is 1. The van der Waals surface area contributed by atoms with Gasteiger partial charge in [0.2, 0.25) is 5.78 Å². The number of ether oxygens (including phenoxy) is 1. The summed E-state index contributed by atoms with van der Waals surface area (Å²) in [4.78, 5) is 46.0. The number of halogens is 1. The second-order valence-corrected chi connectivity index (χ2v) is 6.31. The Hall–Kier alpha value is -3.72. The molecule has 0 bridgehead atoms. The highest BCUT2D eigenvalue weighted by molar-refractivity contribution is 6.31. The number of carbonyl (C=O) groups excluding carboxylic acids is 3. The lowest BCUT2D eigenvalue weighted by Gasteiger charge is -2.06. The van der Waals surface area contributed by atoms with Crippen LogP contribution in [0, 0.1) is 10.1 Å². The number of carbonyl (C=O) groups is 3. The van der Waals surface area contributed by atoms with Crippen LogP contribution in [0.3, 0.4) is 0 Å². The van der Waals surface area contributed by atoms with Crippen LogP contribution >= 0.6 is 11.6 Å². The molecule has 0 aliphatic carbocycles. The smallest absolute Gasteiger partial charge is 0.325 e. The largest absolute Gasteiger partial charge is 0.456 e. The van der Waals surface area contributed by atoms with Gasteiger partial charge in [0, 0.05) is 28.1 Å². The molecule has 0 unspecified atom stereocenters. The molecule has 3 aromatic rings. The van der Waals surface area contributed by atoms with E-state index in [0.29, 0.717) is 5.58 Å². The molecule has 3 rings (SSSR count). The van der Waals surface area contributed by atoms with Gasteiger partial charge in [0.15, 0.2) is 12.4 Å². The van der Waals surface area contributed by atoms with Crippen molar-refractivity contribution in [1.29, 1.82) is 0 Å². The molecule has 0 aliphatic rings. The number of para-hydroxylation sites is 1. The number of Topliss-reactive ketones (excluding diaryl/α,β-unsaturated/α-hetero) is 1. The number of rotatable bonds is 7. The molecule has 0 saturated carbocycles. The van der Waals surface area contributed by atoms with E-state index in [4.69, 9.17) is 20.8 Å². The van der Waals surface area contributed by atoms with Crippen LogP contribution in [0.4, 0.5) is 5.69 Å². The van der Waals surface area contributed by atoms with E-state index in [-0.39, 0.29) is 22.0 Å². The Bertz CT molecular complexity index is 1090. The Balaban J connectivity index is 1.52. The molecule has 1 aromatic heterocycles. The normalized spacial score (nSPS) is 10.5. The average Bonchev–Trinajstić information content (AvgIpc) is 3.14. The van der Waals surface area contributed by atoms with Gasteiger partial charge < -0.3 is 14.5 Å². The number of nitrogens with zero attached hydrogens (tertiary/aromatic N) is 1. The van der Waals surface area contributed by atoms with Crippen LogP contribution in [0.5, 0.6) is 0 Å². The third kappa shape index (κ3) is 4.96. The van der Waals surface area contributed by atoms with Crippen molar-refractivity contribution >= 4 is 45.9 Å². The lowest BCUT2D eigenvalue weighted by atomic mass is 10.2. The number of amides is 1. The van der Waals surface area contributed by atoms with Gasteiger partial charge in [-0.25, -0.2) is 0 Å². The molecule has 0 aliphatic heterocycles. The summed E-state index contributed by atoms with van der Waals surface area (Å²) >= 11 is 5.75. The van der Waals surface area contributed by atoms with Crippen molar-refractivity contribution < 1.29 is 28.5 Å². The molecule has 0 saturated heterocycles. The summed E-state index contributed by atoms with van der Waals surface area (Å²) < 4.78 is 10.2. The summed E-state index contributed by atoms with van der Waals surface area (Å²) in [5.74, 6) is -2.10. The molecule has 0 radical (unpaired) electrons. The first-order valence-electron chi connectivity index (χ1n) is 8.24. The number of fused-ring (bicyclic) bond motifs is 1. The zero-order chi connectivity index (χ0) is 21.0. The highest BCUT2D eigenvalue weighted by Crippen LogP contribution is 2.21. The minimum absolute atomic E-state index is 0.00311. The van der Waals surface area contributed by atoms with E-state index in [1.54, 1.807) is 30.3 Å². The first-order chi connectivity index (χ1) is 13.8. The molecule has 0 fully saturated rings. The van der Waals surface area contributed by atoms with Crippen molar-refractivity contribution in [1.82, 2.24) is 5.32 Å². The van der Waals surface area contributed by atoms with Crippen LogP contribution < -0.4 is 5.32 Å². The van der Waals surface area contributed by atoms with E-state index in [1.165, 1.54) is 6.07 Å². The maximum absolute atomic E-state index is 12.1. The van der Waals surface area contributed by atoms with Gasteiger partial charge in [-0.05, 0) is 18.2 Å². The standard InChI is InChI=1S/C19H13ClN2O7/c20-13-5-12(6-14(8-13)22(26)27)19(25)21-9-18(24)28-10-15(23)17-7-11-3-1-2-4-16(11)29-17/h1-8H,9-10H2,(H,21,25). The number of nitro benzene ring substituents is 1. The topological polar surface area (TPSA) is 129 Å². The van der Waals surface area contributed by atoms with E-state index in [9.17, 15) is 24.5 Å². The number of non-ortho nitro benzene ring substituents is 1. The van der Waals surface area contributed by atoms with Crippen molar-refractivity contribution in [2.24, 2.45) is 0 Å². The number of benzene rings is 2. The molecule has 1 heterocycles. The summed E-state index contributed by atoms with van der Waals surface area (Å²) in [6.45, 7) is -1.09. The number of ketones is 1. The van der Waals surface area contributed by atoms with Crippen molar-refractivity contribution in [2.75, 3.05) is 13.2 Å². The fourth-order valence-electron chi connectivity index (χ4n) is 2.45. The van der Waals surface area contributed by atoms with Gasteiger partial charge in [0.25, 0.3) is 11.6 Å². The Morgan fingerprint density at radius 3 is 2.62 bits per heavy atom. The fraction of sp³-hybridized carbons (Fsp3) is 0.105. The van der Waals surface area contributed by atoms with E-state index in [2.05, 4.69) is 5.32 Å². The van der Waals surface area contributed by atoms with Crippen LogP contribution in [-0.4, -0.2) is 35.7 Å². The van der Waals surface area contributed by atoms with E-state index < -0.39 is 35.7 Å². The van der Waals surface area contributed by atoms with Gasteiger partial charge in [-0.1, -0.05) is 29.8 Å². The summed E-state index contributed by atoms with van der Waals surface area (Å²) in [6, 6.07) is 11.9. The van der Waals surface area contributed by atoms with Crippen LogP contribution in [0.25, 0.3) is 11.0 Å². The highest BCUT2D eigenvalue weighted by atomic mass is 35.5. The van der Waals surface area contributed by atoms with E-state index in [1.807, 2.05) is 0 Å². The molecular formula is C19H13ClN2O7. The average molecular weight is 417 g/mol. The second-order valence-electron chi connectivity index (χ2n) is 5.87. The molecule has 0 spiro atoms. The molecule has 1 amide bonds. The molecule has 29 heavy (non-hydrogen) atoms. The quantitative estimate of drug-likeness (QED) is 0.271. The monoisotopic (exact) mass is 416 g/mol. The predicted octanol–water partition coefficient (Wildman–Crippen LogP) is 3.15. The van der Waals surface area contributed by atoms with Gasteiger partial charge in [0.05, 0.1) is 4.92 Å². The molecule has 9 nitrogen and oxygen atoms in total. The summed E-state index contributed by atoms with van der Waals surface area (Å²) in [5, 5.41) is 13.8. The zero-order valence-electron chi connectivity index (χ0n) is 14.7. The van der Waals surface area contributed by atoms with Crippen molar-refractivity contribution in [3.63, 3.8) is 0 Å². The van der Waals surface area contributed by atoms with Crippen molar-refractivity contribution in [2.45, 2.75) is 0 Å². The maximum Gasteiger partial charge on any atom is 0.325 e. The lowest BCUT2D eigenvalue weighted by Crippen LogP contribution is -2.31. The number of hydrogen-bond donors (Lipinski definition) is 1. The summed E-state index contributed by atoms with van der Waals surface area (Å²) in [6.07, 6.45) is 0. The van der Waals surface area contributed by atoms with Gasteiger partial charge >= 0.3 is 5.97 Å². The van der Waals surface area contributed by atoms with Crippen LogP contribution in [0.2, 0.25) is 5.02 Å². The maximum atomic E-state index is 12.1. The number of hydrogen-bond acceptors (Lipinski definition) is 7. The second kappa shape index (κ2) is 8.53. The Labute approximate surface area is 168 Å². The molecule has 2 aromatic carbocycles. The van der Waals surface area contributed by atoms with Crippen molar-refractivity contribution in [3.8, 4) is 0 Å². The lowest BCUT2D eigenvalue weighted by molar-refractivity contribution is -0.384. The minimum atomic E-state index is -0.862. The summed E-state index contributed by atoms with van der Waals surface area (Å²) in [5.41, 5.74) is 0.0852. The molecular weight excluding hydrogens is 404 g/mol. The summed E-state index contributed by atoms with van der Waals surface area (Å²) in [7, 11) is 0.